The van der Waals surface area contributed by atoms with Gasteiger partial charge >= 0.3 is 5.97 Å². The first-order valence-electron chi connectivity index (χ1n) is 10.3. The van der Waals surface area contributed by atoms with Crippen molar-refractivity contribution in [3.63, 3.8) is 0 Å². The summed E-state index contributed by atoms with van der Waals surface area (Å²) >= 11 is 0. The number of aromatic amines is 1. The third-order valence-corrected chi connectivity index (χ3v) is 6.03. The minimum absolute atomic E-state index is 0.0377. The maximum absolute atomic E-state index is 12.6. The molecular weight excluding hydrogens is 370 g/mol. The first-order valence-corrected chi connectivity index (χ1v) is 10.3. The van der Waals surface area contributed by atoms with E-state index in [0.29, 0.717) is 22.8 Å². The molecule has 0 radical (unpaired) electrons. The van der Waals surface area contributed by atoms with Crippen molar-refractivity contribution in [3.8, 4) is 0 Å². The van der Waals surface area contributed by atoms with Crippen LogP contribution in [-0.4, -0.2) is 45.1 Å². The van der Waals surface area contributed by atoms with E-state index < -0.39 is 11.6 Å². The van der Waals surface area contributed by atoms with Crippen molar-refractivity contribution in [1.82, 2.24) is 9.97 Å². The molecule has 2 aromatic rings. The topological polar surface area (TPSA) is 104 Å². The molecule has 0 spiro atoms. The van der Waals surface area contributed by atoms with Gasteiger partial charge in [-0.25, -0.2) is 9.78 Å². The number of nitrogens with one attached hydrogen (secondary N) is 2. The van der Waals surface area contributed by atoms with Gasteiger partial charge in [0.05, 0.1) is 11.3 Å². The van der Waals surface area contributed by atoms with Crippen LogP contribution in [0, 0.1) is 11.8 Å². The zero-order valence-electron chi connectivity index (χ0n) is 17.6. The predicted octanol–water partition coefficient (Wildman–Crippen LogP) is 3.69. The first-order chi connectivity index (χ1) is 13.7. The number of hydrogen-bond acceptors (Lipinski definition) is 6. The number of aromatic nitrogens is 2. The van der Waals surface area contributed by atoms with Crippen LogP contribution < -0.4 is 5.32 Å². The Morgan fingerprint density at radius 1 is 1.45 bits per heavy atom. The predicted molar refractivity (Wildman–Crippen MR) is 112 cm³/mol. The van der Waals surface area contributed by atoms with Crippen molar-refractivity contribution in [1.29, 1.82) is 0 Å². The number of nitrogens with zero attached hydrogens (tertiary/aromatic N) is 1. The highest BCUT2D eigenvalue weighted by Gasteiger charge is 2.38. The Kier molecular flexibility index (Phi) is 6.27. The third kappa shape index (κ3) is 4.78. The Labute approximate surface area is 171 Å². The quantitative estimate of drug-likeness (QED) is 0.611. The van der Waals surface area contributed by atoms with Crippen LogP contribution in [-0.2, 0) is 9.53 Å². The van der Waals surface area contributed by atoms with Crippen LogP contribution in [0.4, 0.5) is 5.69 Å². The summed E-state index contributed by atoms with van der Waals surface area (Å²) < 4.78 is 5.13. The number of rotatable bonds is 7. The molecule has 1 aliphatic carbocycles. The van der Waals surface area contributed by atoms with Crippen LogP contribution in [0.15, 0.2) is 18.5 Å². The normalized spacial score (nSPS) is 25.6. The molecule has 158 valence electrons. The van der Waals surface area contributed by atoms with Gasteiger partial charge in [0.15, 0.2) is 5.78 Å². The van der Waals surface area contributed by atoms with E-state index in [1.54, 1.807) is 6.20 Å². The molecule has 0 amide bonds. The Morgan fingerprint density at radius 2 is 2.21 bits per heavy atom. The van der Waals surface area contributed by atoms with E-state index in [0.717, 1.165) is 31.1 Å². The molecule has 1 saturated carbocycles. The van der Waals surface area contributed by atoms with Gasteiger partial charge in [0, 0.05) is 23.8 Å². The van der Waals surface area contributed by atoms with Gasteiger partial charge in [-0.15, -0.1) is 0 Å². The number of hydrogen-bond donors (Lipinski definition) is 3. The second-order valence-electron chi connectivity index (χ2n) is 8.59. The van der Waals surface area contributed by atoms with Gasteiger partial charge in [-0.1, -0.05) is 13.8 Å². The molecule has 7 heteroatoms. The van der Waals surface area contributed by atoms with Gasteiger partial charge in [0.1, 0.15) is 17.8 Å². The summed E-state index contributed by atoms with van der Waals surface area (Å²) in [6.45, 7) is 7.41. The number of Topliss-reactive ketones (excluding diaryl/α,β-unsaturated/α-hetero) is 1. The summed E-state index contributed by atoms with van der Waals surface area (Å²) in [5.41, 5.74) is 0.990. The molecule has 0 saturated heterocycles. The van der Waals surface area contributed by atoms with Gasteiger partial charge in [-0.2, -0.15) is 0 Å². The minimum atomic E-state index is -0.636. The Balaban J connectivity index is 1.88. The summed E-state index contributed by atoms with van der Waals surface area (Å²) in [5, 5.41) is 15.2. The molecule has 3 rings (SSSR count). The molecule has 0 aliphatic heterocycles. The summed E-state index contributed by atoms with van der Waals surface area (Å²) in [6.07, 6.45) is 6.56. The van der Waals surface area contributed by atoms with E-state index >= 15 is 0 Å². The molecule has 1 fully saturated rings. The fourth-order valence-electron chi connectivity index (χ4n) is 4.48. The summed E-state index contributed by atoms with van der Waals surface area (Å²) in [4.78, 5) is 31.2. The molecule has 3 N–H and O–H groups in total. The van der Waals surface area contributed by atoms with Crippen LogP contribution in [0.1, 0.15) is 63.7 Å². The average Bonchev–Trinajstić information content (AvgIpc) is 3.14. The number of carbonyl (C=O) groups is 2. The fraction of sp³-hybridized carbons (Fsp3) is 0.591. The lowest BCUT2D eigenvalue weighted by Gasteiger charge is -2.42. The van der Waals surface area contributed by atoms with Crippen LogP contribution in [0.3, 0.4) is 0 Å². The van der Waals surface area contributed by atoms with Gasteiger partial charge < -0.3 is 20.1 Å². The second-order valence-corrected chi connectivity index (χ2v) is 8.59. The van der Waals surface area contributed by atoms with Crippen molar-refractivity contribution >= 4 is 28.5 Å². The number of aliphatic hydroxyl groups is 1. The minimum Gasteiger partial charge on any atom is -0.454 e. The molecule has 29 heavy (non-hydrogen) atoms. The van der Waals surface area contributed by atoms with Gasteiger partial charge in [0.25, 0.3) is 0 Å². The summed E-state index contributed by atoms with van der Waals surface area (Å²) in [6, 6.07) is 1.90. The summed E-state index contributed by atoms with van der Waals surface area (Å²) in [5.74, 6) is -0.0841. The zero-order valence-corrected chi connectivity index (χ0v) is 17.6. The maximum atomic E-state index is 12.6. The van der Waals surface area contributed by atoms with E-state index in [1.807, 2.05) is 13.0 Å². The highest BCUT2D eigenvalue weighted by atomic mass is 16.5. The SMILES string of the molecule is CC[C@]1(O)CC(C)C[C@H]([C@H](C)Nc2c(C(=O)OCC(C)=O)cnc3[nH]ccc23)C1. The lowest BCUT2D eigenvalue weighted by atomic mass is 9.70. The van der Waals surface area contributed by atoms with Crippen LogP contribution in [0.5, 0.6) is 0 Å². The van der Waals surface area contributed by atoms with Crippen molar-refractivity contribution < 1.29 is 19.4 Å². The molecule has 4 atom stereocenters. The van der Waals surface area contributed by atoms with Gasteiger partial charge in [0.2, 0.25) is 0 Å². The summed E-state index contributed by atoms with van der Waals surface area (Å²) in [7, 11) is 0. The molecule has 1 aliphatic rings. The Morgan fingerprint density at radius 3 is 2.90 bits per heavy atom. The van der Waals surface area contributed by atoms with Crippen molar-refractivity contribution in [2.24, 2.45) is 11.8 Å². The largest absolute Gasteiger partial charge is 0.454 e. The smallest absolute Gasteiger partial charge is 0.342 e. The number of anilines is 1. The average molecular weight is 402 g/mol. The van der Waals surface area contributed by atoms with Gasteiger partial charge in [-0.05, 0) is 57.4 Å². The molecular formula is C22H31N3O4. The molecule has 2 aromatic heterocycles. The number of fused-ring (bicyclic) bond motifs is 1. The van der Waals surface area contributed by atoms with Crippen LogP contribution >= 0.6 is 0 Å². The van der Waals surface area contributed by atoms with E-state index in [1.165, 1.54) is 13.1 Å². The first kappa shape index (κ1) is 21.3. The Bertz CT molecular complexity index is 893. The zero-order chi connectivity index (χ0) is 21.2. The molecule has 2 heterocycles. The highest BCUT2D eigenvalue weighted by Crippen LogP contribution is 2.40. The number of ketones is 1. The second kappa shape index (κ2) is 8.53. The third-order valence-electron chi connectivity index (χ3n) is 6.03. The molecule has 0 bridgehead atoms. The van der Waals surface area contributed by atoms with E-state index in [-0.39, 0.29) is 24.3 Å². The lowest BCUT2D eigenvalue weighted by molar-refractivity contribution is -0.120. The number of ether oxygens (including phenoxy) is 1. The van der Waals surface area contributed by atoms with Crippen molar-refractivity contribution in [3.05, 3.63) is 24.0 Å². The van der Waals surface area contributed by atoms with Crippen molar-refractivity contribution in [2.45, 2.75) is 65.0 Å². The monoisotopic (exact) mass is 401 g/mol. The number of H-pyrrole nitrogens is 1. The molecule has 1 unspecified atom stereocenters. The highest BCUT2D eigenvalue weighted by molar-refractivity contribution is 6.04. The van der Waals surface area contributed by atoms with Crippen LogP contribution in [0.2, 0.25) is 0 Å². The van der Waals surface area contributed by atoms with E-state index in [2.05, 4.69) is 29.1 Å². The maximum Gasteiger partial charge on any atom is 0.342 e. The van der Waals surface area contributed by atoms with Crippen molar-refractivity contribution in [2.75, 3.05) is 11.9 Å². The standard InChI is InChI=1S/C22H31N3O4/c1-5-22(28)9-13(2)8-16(10-22)15(4)25-19-17-6-7-23-20(17)24-11-18(19)21(27)29-12-14(3)26/h6-7,11,13,15-16,28H,5,8-10,12H2,1-4H3,(H2,23,24,25)/t13?,15-,16-,22-/m0/s1. The van der Waals surface area contributed by atoms with E-state index in [9.17, 15) is 14.7 Å². The van der Waals surface area contributed by atoms with Crippen LogP contribution in [0.25, 0.3) is 11.0 Å². The fourth-order valence-corrected chi connectivity index (χ4v) is 4.48. The van der Waals surface area contributed by atoms with E-state index in [4.69, 9.17) is 4.74 Å². The Hall–Kier alpha value is -2.41. The molecule has 0 aromatic carbocycles. The van der Waals surface area contributed by atoms with Gasteiger partial charge in [-0.3, -0.25) is 4.79 Å². The number of pyridine rings is 1. The number of carbonyl (C=O) groups excluding carboxylic acids is 2. The lowest BCUT2D eigenvalue weighted by Crippen LogP contribution is -2.43. The molecule has 7 nitrogen and oxygen atoms in total. The number of esters is 1.